The summed E-state index contributed by atoms with van der Waals surface area (Å²) in [6, 6.07) is 2.24. The number of carbonyl (C=O) groups is 2. The summed E-state index contributed by atoms with van der Waals surface area (Å²) in [6.45, 7) is 2.16. The number of ether oxygens (including phenoxy) is 1. The van der Waals surface area contributed by atoms with Crippen molar-refractivity contribution in [3.8, 4) is 0 Å². The fraction of sp³-hybridized carbons (Fsp3) is 0.500. The maximum atomic E-state index is 14.7. The Morgan fingerprint density at radius 3 is 2.53 bits per heavy atom. The molecule has 1 atom stereocenters. The van der Waals surface area contributed by atoms with E-state index in [0.29, 0.717) is 38.2 Å². The van der Waals surface area contributed by atoms with Crippen molar-refractivity contribution >= 4 is 23.8 Å². The topological polar surface area (TPSA) is 99.8 Å². The summed E-state index contributed by atoms with van der Waals surface area (Å²) in [5, 5.41) is 8.34. The first-order chi connectivity index (χ1) is 14.5. The average Bonchev–Trinajstić information content (AvgIpc) is 2.66. The maximum absolute atomic E-state index is 14.7. The highest BCUT2D eigenvalue weighted by molar-refractivity contribution is 5.84. The van der Waals surface area contributed by atoms with Crippen molar-refractivity contribution in [2.24, 2.45) is 0 Å². The standard InChI is InChI=1S/C20H24F2N4O4/c1-23-20(29)15(3-2-4-27)19-16(21)5-13(6-17(19)22)26-9-12(10-26)25-18(11-28)30-14-7-24-8-14/h4-6,12,14-15,24-25H,2-3,7-10H2,1H3,(H,23,29). The summed E-state index contributed by atoms with van der Waals surface area (Å²) >= 11 is 0. The van der Waals surface area contributed by atoms with E-state index in [2.05, 4.69) is 16.0 Å². The predicted octanol–water partition coefficient (Wildman–Crippen LogP) is 0.213. The van der Waals surface area contributed by atoms with Gasteiger partial charge in [-0.05, 0) is 18.6 Å². The molecule has 3 rings (SSSR count). The Hall–Kier alpha value is -2.97. The summed E-state index contributed by atoms with van der Waals surface area (Å²) in [5.41, 5.74) is -0.0116. The van der Waals surface area contributed by atoms with Gasteiger partial charge < -0.3 is 30.4 Å². The van der Waals surface area contributed by atoms with Crippen molar-refractivity contribution < 1.29 is 27.9 Å². The van der Waals surface area contributed by atoms with Crippen LogP contribution in [0.4, 0.5) is 14.5 Å². The van der Waals surface area contributed by atoms with Crippen LogP contribution in [-0.2, 0) is 19.1 Å². The molecule has 2 fully saturated rings. The van der Waals surface area contributed by atoms with Crippen molar-refractivity contribution in [1.82, 2.24) is 16.0 Å². The number of nitrogens with one attached hydrogen (secondary N) is 3. The normalized spacial score (nSPS) is 17.2. The highest BCUT2D eigenvalue weighted by Crippen LogP contribution is 2.32. The first-order valence-electron chi connectivity index (χ1n) is 9.75. The molecule has 0 spiro atoms. The van der Waals surface area contributed by atoms with Gasteiger partial charge in [0.2, 0.25) is 5.91 Å². The Balaban J connectivity index is 1.64. The highest BCUT2D eigenvalue weighted by atomic mass is 19.1. The van der Waals surface area contributed by atoms with E-state index in [0.717, 1.165) is 0 Å². The number of rotatable bonds is 10. The zero-order chi connectivity index (χ0) is 21.7. The number of halogens is 2. The van der Waals surface area contributed by atoms with Gasteiger partial charge in [0.1, 0.15) is 24.0 Å². The van der Waals surface area contributed by atoms with Crippen LogP contribution in [0.15, 0.2) is 18.0 Å². The summed E-state index contributed by atoms with van der Waals surface area (Å²) in [5.74, 6) is -1.55. The van der Waals surface area contributed by atoms with Crippen LogP contribution in [0, 0.1) is 11.6 Å². The number of hydrogen-bond donors (Lipinski definition) is 3. The van der Waals surface area contributed by atoms with Gasteiger partial charge in [0, 0.05) is 50.9 Å². The SMILES string of the molecule is CNC(=O)C(CCC=O)c1c(F)cc(N2CC(NC(=C=O)OC3CNC3)C2)cc1F. The van der Waals surface area contributed by atoms with Gasteiger partial charge >= 0.3 is 0 Å². The molecule has 0 saturated carbocycles. The van der Waals surface area contributed by atoms with Gasteiger partial charge in [-0.3, -0.25) is 4.79 Å². The third kappa shape index (κ3) is 4.77. The lowest BCUT2D eigenvalue weighted by Gasteiger charge is -2.42. The molecule has 8 nitrogen and oxygen atoms in total. The molecule has 1 unspecified atom stereocenters. The molecule has 1 aromatic carbocycles. The molecular weight excluding hydrogens is 398 g/mol. The van der Waals surface area contributed by atoms with Gasteiger partial charge in [-0.1, -0.05) is 0 Å². The Kier molecular flexibility index (Phi) is 7.02. The van der Waals surface area contributed by atoms with Gasteiger partial charge in [0.05, 0.1) is 12.0 Å². The van der Waals surface area contributed by atoms with E-state index in [9.17, 15) is 23.2 Å². The van der Waals surface area contributed by atoms with E-state index < -0.39 is 23.5 Å². The van der Waals surface area contributed by atoms with Crippen LogP contribution < -0.4 is 20.9 Å². The summed E-state index contributed by atoms with van der Waals surface area (Å²) in [6.07, 6.45) is 0.585. The highest BCUT2D eigenvalue weighted by Gasteiger charge is 2.32. The Morgan fingerprint density at radius 1 is 1.37 bits per heavy atom. The Morgan fingerprint density at radius 2 is 2.03 bits per heavy atom. The third-order valence-electron chi connectivity index (χ3n) is 5.25. The van der Waals surface area contributed by atoms with E-state index in [1.54, 1.807) is 10.8 Å². The van der Waals surface area contributed by atoms with Gasteiger partial charge in [-0.2, -0.15) is 0 Å². The van der Waals surface area contributed by atoms with Crippen LogP contribution in [0.25, 0.3) is 0 Å². The minimum Gasteiger partial charge on any atom is -0.465 e. The molecular formula is C20H24F2N4O4. The number of anilines is 1. The molecule has 2 aliphatic rings. The number of hydrogen-bond acceptors (Lipinski definition) is 7. The second-order valence-electron chi connectivity index (χ2n) is 7.31. The van der Waals surface area contributed by atoms with Crippen LogP contribution in [0.1, 0.15) is 24.3 Å². The number of aldehydes is 1. The third-order valence-corrected chi connectivity index (χ3v) is 5.25. The summed E-state index contributed by atoms with van der Waals surface area (Å²) in [4.78, 5) is 35.5. The van der Waals surface area contributed by atoms with Gasteiger partial charge in [0.25, 0.3) is 5.88 Å². The lowest BCUT2D eigenvalue weighted by Crippen LogP contribution is -2.59. The number of carbonyl (C=O) groups excluding carboxylic acids is 3. The van der Waals surface area contributed by atoms with E-state index in [-0.39, 0.29) is 36.4 Å². The fourth-order valence-corrected chi connectivity index (χ4v) is 3.47. The summed E-state index contributed by atoms with van der Waals surface area (Å²) in [7, 11) is 1.38. The molecule has 1 amide bonds. The molecule has 162 valence electrons. The molecule has 2 heterocycles. The zero-order valence-electron chi connectivity index (χ0n) is 16.5. The lowest BCUT2D eigenvalue weighted by molar-refractivity contribution is -0.122. The smallest absolute Gasteiger partial charge is 0.276 e. The van der Waals surface area contributed by atoms with Crippen molar-refractivity contribution in [1.29, 1.82) is 0 Å². The monoisotopic (exact) mass is 422 g/mol. The molecule has 2 aliphatic heterocycles. The molecule has 1 aromatic rings. The zero-order valence-corrected chi connectivity index (χ0v) is 16.5. The second-order valence-corrected chi connectivity index (χ2v) is 7.31. The van der Waals surface area contributed by atoms with E-state index in [1.165, 1.54) is 19.2 Å². The quantitative estimate of drug-likeness (QED) is 0.282. The van der Waals surface area contributed by atoms with Gasteiger partial charge in [-0.25, -0.2) is 13.6 Å². The largest absolute Gasteiger partial charge is 0.465 e. The van der Waals surface area contributed by atoms with Gasteiger partial charge in [-0.15, -0.1) is 0 Å². The van der Waals surface area contributed by atoms with E-state index in [4.69, 9.17) is 4.74 Å². The second kappa shape index (κ2) is 9.69. The molecule has 10 heteroatoms. The molecule has 2 saturated heterocycles. The van der Waals surface area contributed by atoms with Crippen molar-refractivity contribution in [2.45, 2.75) is 30.9 Å². The van der Waals surface area contributed by atoms with Gasteiger partial charge in [0.15, 0.2) is 5.94 Å². The molecule has 0 aromatic heterocycles. The van der Waals surface area contributed by atoms with Crippen molar-refractivity contribution in [3.63, 3.8) is 0 Å². The van der Waals surface area contributed by atoms with E-state index >= 15 is 0 Å². The van der Waals surface area contributed by atoms with E-state index in [1.807, 2.05) is 0 Å². The molecule has 30 heavy (non-hydrogen) atoms. The number of likely N-dealkylation sites (N-methyl/N-ethyl adjacent to an activating group) is 1. The number of amides is 1. The first-order valence-corrected chi connectivity index (χ1v) is 9.75. The predicted molar refractivity (Wildman–Crippen MR) is 105 cm³/mol. The first kappa shape index (κ1) is 21.7. The van der Waals surface area contributed by atoms with Crippen LogP contribution >= 0.6 is 0 Å². The molecule has 0 aliphatic carbocycles. The maximum Gasteiger partial charge on any atom is 0.276 e. The minimum atomic E-state index is -1.08. The minimum absolute atomic E-state index is 0.0173. The fourth-order valence-electron chi connectivity index (χ4n) is 3.47. The van der Waals surface area contributed by atoms with Crippen LogP contribution in [-0.4, -0.2) is 63.5 Å². The van der Waals surface area contributed by atoms with Crippen LogP contribution in [0.3, 0.4) is 0 Å². The summed E-state index contributed by atoms with van der Waals surface area (Å²) < 4.78 is 34.9. The average molecular weight is 422 g/mol. The van der Waals surface area contributed by atoms with Crippen molar-refractivity contribution in [3.05, 3.63) is 35.2 Å². The molecule has 3 N–H and O–H groups in total. The lowest BCUT2D eigenvalue weighted by atomic mass is 9.91. The number of nitrogens with zero attached hydrogens (tertiary/aromatic N) is 1. The van der Waals surface area contributed by atoms with Crippen molar-refractivity contribution in [2.75, 3.05) is 38.1 Å². The van der Waals surface area contributed by atoms with Crippen LogP contribution in [0.2, 0.25) is 0 Å². The Bertz CT molecular complexity index is 826. The Labute approximate surface area is 172 Å². The molecule has 0 bridgehead atoms. The molecule has 0 radical (unpaired) electrons. The van der Waals surface area contributed by atoms with Crippen LogP contribution in [0.5, 0.6) is 0 Å². The number of benzene rings is 1.